The second kappa shape index (κ2) is 3.62. The molecular formula is C11H13FN2O. The van der Waals surface area contributed by atoms with Gasteiger partial charge in [-0.2, -0.15) is 0 Å². The molecule has 2 rings (SSSR count). The van der Waals surface area contributed by atoms with Crippen molar-refractivity contribution in [2.75, 3.05) is 13.1 Å². The molecule has 0 aromatic heterocycles. The fourth-order valence-corrected chi connectivity index (χ4v) is 1.76. The van der Waals surface area contributed by atoms with Gasteiger partial charge in [0.25, 0.3) is 0 Å². The number of amides is 1. The lowest BCUT2D eigenvalue weighted by Crippen LogP contribution is -2.59. The van der Waals surface area contributed by atoms with Crippen molar-refractivity contribution in [3.8, 4) is 0 Å². The summed E-state index contributed by atoms with van der Waals surface area (Å²) in [6.07, 6.45) is 0. The van der Waals surface area contributed by atoms with Crippen LogP contribution in [0.1, 0.15) is 12.5 Å². The van der Waals surface area contributed by atoms with E-state index in [4.69, 9.17) is 0 Å². The summed E-state index contributed by atoms with van der Waals surface area (Å²) in [7, 11) is 0. The lowest BCUT2D eigenvalue weighted by Gasteiger charge is -2.34. The molecule has 4 heteroatoms. The van der Waals surface area contributed by atoms with Gasteiger partial charge in [-0.25, -0.2) is 4.39 Å². The average molecular weight is 208 g/mol. The summed E-state index contributed by atoms with van der Waals surface area (Å²) in [6.45, 7) is 3.16. The van der Waals surface area contributed by atoms with Crippen LogP contribution in [0.3, 0.4) is 0 Å². The molecule has 0 bridgehead atoms. The van der Waals surface area contributed by atoms with Gasteiger partial charge in [0.2, 0.25) is 5.91 Å². The standard InChI is InChI=1S/C11H13FN2O/c1-11(10(15)13-6-7-14-11)8-2-4-9(12)5-3-8/h2-5,14H,6-7H2,1H3,(H,13,15). The summed E-state index contributed by atoms with van der Waals surface area (Å²) in [6, 6.07) is 5.99. The molecule has 1 saturated heterocycles. The first-order chi connectivity index (χ1) is 7.13. The van der Waals surface area contributed by atoms with Crippen LogP contribution in [0.4, 0.5) is 4.39 Å². The molecule has 3 nitrogen and oxygen atoms in total. The average Bonchev–Trinajstić information content (AvgIpc) is 2.23. The predicted molar refractivity (Wildman–Crippen MR) is 54.8 cm³/mol. The Kier molecular flexibility index (Phi) is 2.44. The Morgan fingerprint density at radius 2 is 1.93 bits per heavy atom. The van der Waals surface area contributed by atoms with E-state index in [0.717, 1.165) is 12.1 Å². The normalized spacial score (nSPS) is 26.1. The largest absolute Gasteiger partial charge is 0.353 e. The highest BCUT2D eigenvalue weighted by Gasteiger charge is 2.36. The number of nitrogens with one attached hydrogen (secondary N) is 2. The first kappa shape index (κ1) is 10.1. The molecule has 2 N–H and O–H groups in total. The van der Waals surface area contributed by atoms with Crippen LogP contribution in [0.2, 0.25) is 0 Å². The molecule has 80 valence electrons. The molecule has 1 amide bonds. The molecule has 1 unspecified atom stereocenters. The third-order valence-corrected chi connectivity index (χ3v) is 2.76. The SMILES string of the molecule is CC1(c2ccc(F)cc2)NCCNC1=O. The number of piperazine rings is 1. The van der Waals surface area contributed by atoms with Crippen molar-refractivity contribution in [2.45, 2.75) is 12.5 Å². The Morgan fingerprint density at radius 1 is 1.27 bits per heavy atom. The third kappa shape index (κ3) is 1.72. The monoisotopic (exact) mass is 208 g/mol. The fourth-order valence-electron chi connectivity index (χ4n) is 1.76. The Balaban J connectivity index is 2.35. The molecule has 1 atom stereocenters. The van der Waals surface area contributed by atoms with Crippen molar-refractivity contribution < 1.29 is 9.18 Å². The highest BCUT2D eigenvalue weighted by molar-refractivity contribution is 5.87. The van der Waals surface area contributed by atoms with Gasteiger partial charge in [0, 0.05) is 13.1 Å². The van der Waals surface area contributed by atoms with E-state index < -0.39 is 5.54 Å². The molecule has 0 radical (unpaired) electrons. The minimum atomic E-state index is -0.744. The van der Waals surface area contributed by atoms with Crippen LogP contribution in [0.5, 0.6) is 0 Å². The van der Waals surface area contributed by atoms with Gasteiger partial charge in [0.05, 0.1) is 0 Å². The first-order valence-corrected chi connectivity index (χ1v) is 4.92. The lowest BCUT2D eigenvalue weighted by atomic mass is 9.89. The molecule has 1 aromatic carbocycles. The van der Waals surface area contributed by atoms with Crippen LogP contribution in [0, 0.1) is 5.82 Å². The van der Waals surface area contributed by atoms with Gasteiger partial charge in [0.1, 0.15) is 11.4 Å². The zero-order chi connectivity index (χ0) is 10.9. The van der Waals surface area contributed by atoms with E-state index in [0.29, 0.717) is 6.54 Å². The summed E-state index contributed by atoms with van der Waals surface area (Å²) in [4.78, 5) is 11.7. The van der Waals surface area contributed by atoms with Gasteiger partial charge in [-0.1, -0.05) is 12.1 Å². The quantitative estimate of drug-likeness (QED) is 0.715. The zero-order valence-electron chi connectivity index (χ0n) is 8.51. The maximum atomic E-state index is 12.8. The number of hydrogen-bond acceptors (Lipinski definition) is 2. The molecule has 1 fully saturated rings. The second-order valence-corrected chi connectivity index (χ2v) is 3.81. The predicted octanol–water partition coefficient (Wildman–Crippen LogP) is 0.760. The molecule has 0 aliphatic carbocycles. The van der Waals surface area contributed by atoms with E-state index in [1.54, 1.807) is 19.1 Å². The zero-order valence-corrected chi connectivity index (χ0v) is 8.51. The van der Waals surface area contributed by atoms with Crippen LogP contribution in [-0.2, 0) is 10.3 Å². The molecule has 1 aliphatic heterocycles. The van der Waals surface area contributed by atoms with Crippen LogP contribution in [0.15, 0.2) is 24.3 Å². The topological polar surface area (TPSA) is 41.1 Å². The molecular weight excluding hydrogens is 195 g/mol. The van der Waals surface area contributed by atoms with Gasteiger partial charge >= 0.3 is 0 Å². The molecule has 1 heterocycles. The van der Waals surface area contributed by atoms with Gasteiger partial charge in [0.15, 0.2) is 0 Å². The van der Waals surface area contributed by atoms with E-state index in [2.05, 4.69) is 10.6 Å². The second-order valence-electron chi connectivity index (χ2n) is 3.81. The highest BCUT2D eigenvalue weighted by Crippen LogP contribution is 2.22. The molecule has 1 aliphatic rings. The number of benzene rings is 1. The summed E-state index contributed by atoms with van der Waals surface area (Å²) < 4.78 is 12.8. The number of halogens is 1. The fraction of sp³-hybridized carbons (Fsp3) is 0.364. The number of carbonyl (C=O) groups excluding carboxylic acids is 1. The van der Waals surface area contributed by atoms with E-state index >= 15 is 0 Å². The number of carbonyl (C=O) groups is 1. The molecule has 15 heavy (non-hydrogen) atoms. The smallest absolute Gasteiger partial charge is 0.244 e. The van der Waals surface area contributed by atoms with E-state index in [9.17, 15) is 9.18 Å². The number of hydrogen-bond donors (Lipinski definition) is 2. The summed E-state index contributed by atoms with van der Waals surface area (Å²) in [5.74, 6) is -0.362. The highest BCUT2D eigenvalue weighted by atomic mass is 19.1. The van der Waals surface area contributed by atoms with Crippen LogP contribution < -0.4 is 10.6 Å². The van der Waals surface area contributed by atoms with Crippen molar-refractivity contribution in [2.24, 2.45) is 0 Å². The summed E-state index contributed by atoms with van der Waals surface area (Å²) >= 11 is 0. The number of rotatable bonds is 1. The van der Waals surface area contributed by atoms with Crippen LogP contribution in [-0.4, -0.2) is 19.0 Å². The van der Waals surface area contributed by atoms with Crippen molar-refractivity contribution in [1.82, 2.24) is 10.6 Å². The Labute approximate surface area is 87.7 Å². The van der Waals surface area contributed by atoms with E-state index in [1.807, 2.05) is 0 Å². The Hall–Kier alpha value is -1.42. The maximum absolute atomic E-state index is 12.8. The maximum Gasteiger partial charge on any atom is 0.244 e. The van der Waals surface area contributed by atoms with Gasteiger partial charge < -0.3 is 5.32 Å². The van der Waals surface area contributed by atoms with E-state index in [-0.39, 0.29) is 11.7 Å². The van der Waals surface area contributed by atoms with Gasteiger partial charge in [-0.15, -0.1) is 0 Å². The summed E-state index contributed by atoms with van der Waals surface area (Å²) in [5, 5.41) is 5.94. The van der Waals surface area contributed by atoms with Gasteiger partial charge in [-0.3, -0.25) is 10.1 Å². The van der Waals surface area contributed by atoms with Crippen LogP contribution >= 0.6 is 0 Å². The Bertz CT molecular complexity index is 377. The third-order valence-electron chi connectivity index (χ3n) is 2.76. The van der Waals surface area contributed by atoms with Gasteiger partial charge in [-0.05, 0) is 24.6 Å². The van der Waals surface area contributed by atoms with Crippen molar-refractivity contribution >= 4 is 5.91 Å². The molecule has 1 aromatic rings. The van der Waals surface area contributed by atoms with Crippen LogP contribution in [0.25, 0.3) is 0 Å². The lowest BCUT2D eigenvalue weighted by molar-refractivity contribution is -0.128. The first-order valence-electron chi connectivity index (χ1n) is 4.92. The minimum absolute atomic E-state index is 0.0691. The van der Waals surface area contributed by atoms with Crippen molar-refractivity contribution in [3.05, 3.63) is 35.6 Å². The summed E-state index contributed by atoms with van der Waals surface area (Å²) in [5.41, 5.74) is 0.0347. The van der Waals surface area contributed by atoms with E-state index in [1.165, 1.54) is 12.1 Å². The molecule has 0 spiro atoms. The van der Waals surface area contributed by atoms with Crippen molar-refractivity contribution in [1.29, 1.82) is 0 Å². The Morgan fingerprint density at radius 3 is 2.53 bits per heavy atom. The minimum Gasteiger partial charge on any atom is -0.353 e. The molecule has 0 saturated carbocycles. The van der Waals surface area contributed by atoms with Crippen molar-refractivity contribution in [3.63, 3.8) is 0 Å².